The van der Waals surface area contributed by atoms with Gasteiger partial charge in [-0.2, -0.15) is 0 Å². The predicted octanol–water partition coefficient (Wildman–Crippen LogP) is 3.70. The zero-order valence-electron chi connectivity index (χ0n) is 11.8. The van der Waals surface area contributed by atoms with Crippen LogP contribution in [0.25, 0.3) is 0 Å². The van der Waals surface area contributed by atoms with E-state index < -0.39 is 10.0 Å². The summed E-state index contributed by atoms with van der Waals surface area (Å²) in [5.74, 6) is 0. The van der Waals surface area contributed by atoms with Crippen LogP contribution in [0.3, 0.4) is 0 Å². The summed E-state index contributed by atoms with van der Waals surface area (Å²) in [7, 11) is -3.57. The molecule has 0 aliphatic carbocycles. The molecule has 0 atom stereocenters. The van der Waals surface area contributed by atoms with Gasteiger partial charge in [-0.05, 0) is 30.3 Å². The van der Waals surface area contributed by atoms with Crippen molar-refractivity contribution in [2.45, 2.75) is 30.6 Å². The Balaban J connectivity index is 2.12. The number of nitrogens with one attached hydrogen (secondary N) is 2. The molecule has 2 rings (SSSR count). The number of halogens is 1. The third-order valence-electron chi connectivity index (χ3n) is 2.66. The van der Waals surface area contributed by atoms with Crippen molar-refractivity contribution in [1.29, 1.82) is 0 Å². The van der Waals surface area contributed by atoms with E-state index >= 15 is 0 Å². The molecule has 1 heterocycles. The van der Waals surface area contributed by atoms with Gasteiger partial charge in [0.15, 0.2) is 0 Å². The molecule has 2 aromatic rings. The number of benzene rings is 1. The first kappa shape index (κ1) is 16.3. The lowest BCUT2D eigenvalue weighted by molar-refractivity contribution is 0.593. The largest absolute Gasteiger partial charge is 0.310 e. The topological polar surface area (TPSA) is 58.2 Å². The summed E-state index contributed by atoms with van der Waals surface area (Å²) in [6.45, 7) is 4.76. The lowest BCUT2D eigenvalue weighted by atomic mass is 10.3. The van der Waals surface area contributed by atoms with Gasteiger partial charge in [0, 0.05) is 22.5 Å². The van der Waals surface area contributed by atoms with Crippen LogP contribution in [0.15, 0.2) is 40.6 Å². The monoisotopic (exact) mass is 344 g/mol. The molecular weight excluding hydrogens is 328 g/mol. The molecule has 0 bridgehead atoms. The van der Waals surface area contributed by atoms with Crippen LogP contribution >= 0.6 is 22.9 Å². The molecule has 1 aromatic carbocycles. The zero-order valence-corrected chi connectivity index (χ0v) is 14.1. The molecule has 1 aromatic heterocycles. The molecule has 21 heavy (non-hydrogen) atoms. The summed E-state index contributed by atoms with van der Waals surface area (Å²) >= 11 is 7.11. The predicted molar refractivity (Wildman–Crippen MR) is 88.6 cm³/mol. The van der Waals surface area contributed by atoms with Crippen molar-refractivity contribution >= 4 is 38.6 Å². The smallest absolute Gasteiger partial charge is 0.271 e. The molecule has 0 saturated heterocycles. The van der Waals surface area contributed by atoms with E-state index in [1.165, 1.54) is 11.3 Å². The van der Waals surface area contributed by atoms with Gasteiger partial charge in [0.05, 0.1) is 5.69 Å². The van der Waals surface area contributed by atoms with Crippen LogP contribution in [0.4, 0.5) is 5.69 Å². The Kier molecular flexibility index (Phi) is 5.27. The molecule has 0 fully saturated rings. The zero-order chi connectivity index (χ0) is 15.5. The van der Waals surface area contributed by atoms with Crippen LogP contribution in [0, 0.1) is 0 Å². The van der Waals surface area contributed by atoms with Gasteiger partial charge in [0.2, 0.25) is 0 Å². The van der Waals surface area contributed by atoms with Crippen molar-refractivity contribution < 1.29 is 8.42 Å². The highest BCUT2D eigenvalue weighted by molar-refractivity contribution is 7.94. The molecule has 0 amide bonds. The highest BCUT2D eigenvalue weighted by Gasteiger charge is 2.17. The molecule has 0 aliphatic heterocycles. The van der Waals surface area contributed by atoms with Crippen molar-refractivity contribution in [3.05, 3.63) is 46.3 Å². The SMILES string of the molecule is CC(C)NCc1ccc(S(=O)(=O)Nc2cccc(Cl)c2)s1. The molecule has 2 N–H and O–H groups in total. The summed E-state index contributed by atoms with van der Waals surface area (Å²) in [5, 5.41) is 3.75. The minimum atomic E-state index is -3.57. The lowest BCUT2D eigenvalue weighted by Gasteiger charge is -2.07. The van der Waals surface area contributed by atoms with Gasteiger partial charge in [-0.25, -0.2) is 8.42 Å². The van der Waals surface area contributed by atoms with E-state index in [-0.39, 0.29) is 0 Å². The minimum absolute atomic E-state index is 0.294. The van der Waals surface area contributed by atoms with Gasteiger partial charge in [-0.3, -0.25) is 4.72 Å². The molecule has 0 unspecified atom stereocenters. The van der Waals surface area contributed by atoms with E-state index in [0.29, 0.717) is 27.5 Å². The minimum Gasteiger partial charge on any atom is -0.310 e. The van der Waals surface area contributed by atoms with E-state index in [9.17, 15) is 8.42 Å². The summed E-state index contributed by atoms with van der Waals surface area (Å²) < 4.78 is 27.4. The van der Waals surface area contributed by atoms with Gasteiger partial charge >= 0.3 is 0 Å². The fraction of sp³-hybridized carbons (Fsp3) is 0.286. The van der Waals surface area contributed by atoms with Crippen LogP contribution in [0.1, 0.15) is 18.7 Å². The normalized spacial score (nSPS) is 11.8. The van der Waals surface area contributed by atoms with Gasteiger partial charge in [0.1, 0.15) is 4.21 Å². The number of hydrogen-bond acceptors (Lipinski definition) is 4. The van der Waals surface area contributed by atoms with E-state index in [1.807, 2.05) is 19.9 Å². The molecule has 114 valence electrons. The van der Waals surface area contributed by atoms with Gasteiger partial charge in [-0.15, -0.1) is 11.3 Å². The van der Waals surface area contributed by atoms with Crippen molar-refractivity contribution in [3.8, 4) is 0 Å². The van der Waals surface area contributed by atoms with E-state index in [1.54, 1.807) is 30.3 Å². The van der Waals surface area contributed by atoms with Crippen LogP contribution in [-0.2, 0) is 16.6 Å². The first-order chi connectivity index (χ1) is 9.87. The van der Waals surface area contributed by atoms with Crippen molar-refractivity contribution in [2.24, 2.45) is 0 Å². The number of anilines is 1. The summed E-state index contributed by atoms with van der Waals surface area (Å²) in [6, 6.07) is 10.4. The maximum atomic E-state index is 12.3. The first-order valence-electron chi connectivity index (χ1n) is 6.47. The average molecular weight is 345 g/mol. The van der Waals surface area contributed by atoms with E-state index in [4.69, 9.17) is 11.6 Å². The molecule has 0 radical (unpaired) electrons. The molecule has 0 spiro atoms. The Bertz CT molecular complexity index is 711. The van der Waals surface area contributed by atoms with Crippen molar-refractivity contribution in [2.75, 3.05) is 4.72 Å². The first-order valence-corrected chi connectivity index (χ1v) is 9.15. The summed E-state index contributed by atoms with van der Waals surface area (Å²) in [4.78, 5) is 0.982. The fourth-order valence-corrected chi connectivity index (χ4v) is 4.21. The van der Waals surface area contributed by atoms with E-state index in [0.717, 1.165) is 4.88 Å². The highest BCUT2D eigenvalue weighted by atomic mass is 35.5. The summed E-state index contributed by atoms with van der Waals surface area (Å²) in [6.07, 6.45) is 0. The number of thiophene rings is 1. The van der Waals surface area contributed by atoms with Crippen LogP contribution < -0.4 is 10.0 Å². The van der Waals surface area contributed by atoms with Crippen LogP contribution in [0.2, 0.25) is 5.02 Å². The van der Waals surface area contributed by atoms with Crippen molar-refractivity contribution in [1.82, 2.24) is 5.32 Å². The third-order valence-corrected chi connectivity index (χ3v) is 5.86. The Hall–Kier alpha value is -1.08. The van der Waals surface area contributed by atoms with E-state index in [2.05, 4.69) is 10.0 Å². The second-order valence-corrected chi connectivity index (χ2v) is 8.39. The Labute approximate surface area is 134 Å². The third kappa shape index (κ3) is 4.71. The second-order valence-electron chi connectivity index (χ2n) is 4.87. The van der Waals surface area contributed by atoms with Crippen molar-refractivity contribution in [3.63, 3.8) is 0 Å². The number of rotatable bonds is 6. The second kappa shape index (κ2) is 6.79. The quantitative estimate of drug-likeness (QED) is 0.840. The Morgan fingerprint density at radius 1 is 1.24 bits per heavy atom. The van der Waals surface area contributed by atoms with Gasteiger partial charge < -0.3 is 5.32 Å². The summed E-state index contributed by atoms with van der Waals surface area (Å²) in [5.41, 5.74) is 0.456. The maximum absolute atomic E-state index is 12.3. The molecule has 4 nitrogen and oxygen atoms in total. The molecule has 0 saturated carbocycles. The lowest BCUT2D eigenvalue weighted by Crippen LogP contribution is -2.21. The standard InChI is InChI=1S/C14H17ClN2O2S2/c1-10(2)16-9-13-6-7-14(20-13)21(18,19)17-12-5-3-4-11(15)8-12/h3-8,10,16-17H,9H2,1-2H3. The number of hydrogen-bond donors (Lipinski definition) is 2. The number of sulfonamides is 1. The molecule has 7 heteroatoms. The average Bonchev–Trinajstić information content (AvgIpc) is 2.85. The van der Waals surface area contributed by atoms with Crippen LogP contribution in [-0.4, -0.2) is 14.5 Å². The highest BCUT2D eigenvalue weighted by Crippen LogP contribution is 2.25. The molecular formula is C14H17ClN2O2S2. The van der Waals surface area contributed by atoms with Gasteiger partial charge in [0.25, 0.3) is 10.0 Å². The Morgan fingerprint density at radius 3 is 2.67 bits per heavy atom. The molecule has 0 aliphatic rings. The fourth-order valence-electron chi connectivity index (χ4n) is 1.66. The Morgan fingerprint density at radius 2 is 2.00 bits per heavy atom. The maximum Gasteiger partial charge on any atom is 0.271 e. The van der Waals surface area contributed by atoms with Crippen LogP contribution in [0.5, 0.6) is 0 Å². The van der Waals surface area contributed by atoms with Gasteiger partial charge in [-0.1, -0.05) is 31.5 Å².